The minimum atomic E-state index is 0.264. The average Bonchev–Trinajstić information content (AvgIpc) is 2.53. The summed E-state index contributed by atoms with van der Waals surface area (Å²) in [7, 11) is 0. The molecule has 1 aliphatic heterocycles. The molecule has 1 unspecified atom stereocenters. The molecule has 1 amide bonds. The Morgan fingerprint density at radius 2 is 1.41 bits per heavy atom. The van der Waals surface area contributed by atoms with E-state index in [1.807, 2.05) is 4.90 Å². The molecule has 0 aromatic rings. The van der Waals surface area contributed by atoms with Crippen molar-refractivity contribution in [3.05, 3.63) is 0 Å². The van der Waals surface area contributed by atoms with Gasteiger partial charge in [0.1, 0.15) is 0 Å². The van der Waals surface area contributed by atoms with E-state index in [4.69, 9.17) is 0 Å². The molecule has 0 bridgehead atoms. The number of rotatable bonds is 11. The molecule has 22 heavy (non-hydrogen) atoms. The van der Waals surface area contributed by atoms with Crippen molar-refractivity contribution in [3.8, 4) is 0 Å². The van der Waals surface area contributed by atoms with Crippen molar-refractivity contribution in [3.63, 3.8) is 0 Å². The molecular weight excluding hydrogens is 270 g/mol. The summed E-state index contributed by atoms with van der Waals surface area (Å²) < 4.78 is 0. The molecule has 1 aliphatic rings. The van der Waals surface area contributed by atoms with Gasteiger partial charge in [0.2, 0.25) is 5.91 Å². The number of carbonyl (C=O) groups excluding carboxylic acids is 1. The summed E-state index contributed by atoms with van der Waals surface area (Å²) in [6, 6.07) is 0. The first-order valence-corrected chi connectivity index (χ1v) is 9.94. The third-order valence-corrected chi connectivity index (χ3v) is 5.51. The topological polar surface area (TPSA) is 20.3 Å². The molecular formula is C20H39NO. The first-order chi connectivity index (χ1) is 10.7. The molecule has 130 valence electrons. The molecule has 0 spiro atoms. The van der Waals surface area contributed by atoms with Crippen molar-refractivity contribution < 1.29 is 4.79 Å². The summed E-state index contributed by atoms with van der Waals surface area (Å²) in [4.78, 5) is 13.5. The molecule has 1 fully saturated rings. The number of hydrogen-bond acceptors (Lipinski definition) is 1. The Labute approximate surface area is 139 Å². The number of amides is 1. The third kappa shape index (κ3) is 7.65. The Bertz CT molecular complexity index is 281. The Morgan fingerprint density at radius 3 is 1.95 bits per heavy atom. The highest BCUT2D eigenvalue weighted by atomic mass is 16.2. The second kappa shape index (κ2) is 12.0. The van der Waals surface area contributed by atoms with E-state index in [-0.39, 0.29) is 5.91 Å². The number of hydrogen-bond donors (Lipinski definition) is 0. The van der Waals surface area contributed by atoms with E-state index < -0.39 is 0 Å². The van der Waals surface area contributed by atoms with E-state index in [0.717, 1.165) is 24.9 Å². The summed E-state index contributed by atoms with van der Waals surface area (Å²) >= 11 is 0. The number of likely N-dealkylation sites (tertiary alicyclic amines) is 1. The van der Waals surface area contributed by atoms with Crippen LogP contribution < -0.4 is 0 Å². The van der Waals surface area contributed by atoms with Crippen molar-refractivity contribution in [2.75, 3.05) is 13.1 Å². The first kappa shape index (κ1) is 19.5. The zero-order valence-electron chi connectivity index (χ0n) is 15.4. The quantitative estimate of drug-likeness (QED) is 0.441. The summed E-state index contributed by atoms with van der Waals surface area (Å²) in [5, 5.41) is 0. The fourth-order valence-electron chi connectivity index (χ4n) is 3.97. The SMILES string of the molecule is CCCCCCCC(CCCCC)C1CCN(C(C)=O)CC1. The average molecular weight is 310 g/mol. The molecule has 1 rings (SSSR count). The molecule has 1 atom stereocenters. The largest absolute Gasteiger partial charge is 0.343 e. The zero-order chi connectivity index (χ0) is 16.2. The van der Waals surface area contributed by atoms with Crippen LogP contribution in [0, 0.1) is 11.8 Å². The van der Waals surface area contributed by atoms with E-state index in [1.165, 1.54) is 77.0 Å². The molecule has 1 saturated heterocycles. The van der Waals surface area contributed by atoms with Crippen LogP contribution in [0.5, 0.6) is 0 Å². The van der Waals surface area contributed by atoms with Gasteiger partial charge in [-0.05, 0) is 24.7 Å². The molecule has 0 N–H and O–H groups in total. The van der Waals surface area contributed by atoms with Gasteiger partial charge in [0, 0.05) is 20.0 Å². The second-order valence-corrected chi connectivity index (χ2v) is 7.30. The predicted octanol–water partition coefficient (Wildman–Crippen LogP) is 5.80. The van der Waals surface area contributed by atoms with Crippen molar-refractivity contribution in [2.24, 2.45) is 11.8 Å². The van der Waals surface area contributed by atoms with Crippen LogP contribution in [0.4, 0.5) is 0 Å². The van der Waals surface area contributed by atoms with Crippen molar-refractivity contribution in [1.29, 1.82) is 0 Å². The minimum Gasteiger partial charge on any atom is -0.343 e. The summed E-state index contributed by atoms with van der Waals surface area (Å²) in [5.41, 5.74) is 0. The van der Waals surface area contributed by atoms with Gasteiger partial charge < -0.3 is 4.90 Å². The third-order valence-electron chi connectivity index (χ3n) is 5.51. The first-order valence-electron chi connectivity index (χ1n) is 9.94. The molecule has 0 radical (unpaired) electrons. The number of carbonyl (C=O) groups is 1. The summed E-state index contributed by atoms with van der Waals surface area (Å²) in [6.07, 6.45) is 16.4. The highest BCUT2D eigenvalue weighted by Crippen LogP contribution is 2.32. The second-order valence-electron chi connectivity index (χ2n) is 7.30. The van der Waals surface area contributed by atoms with Gasteiger partial charge in [-0.1, -0.05) is 78.1 Å². The van der Waals surface area contributed by atoms with E-state index in [0.29, 0.717) is 0 Å². The zero-order valence-corrected chi connectivity index (χ0v) is 15.4. The van der Waals surface area contributed by atoms with Crippen LogP contribution in [0.1, 0.15) is 97.8 Å². The van der Waals surface area contributed by atoms with Crippen molar-refractivity contribution in [1.82, 2.24) is 4.90 Å². The smallest absolute Gasteiger partial charge is 0.219 e. The van der Waals surface area contributed by atoms with Gasteiger partial charge in [0.15, 0.2) is 0 Å². The van der Waals surface area contributed by atoms with Crippen molar-refractivity contribution >= 4 is 5.91 Å². The van der Waals surface area contributed by atoms with E-state index in [2.05, 4.69) is 13.8 Å². The van der Waals surface area contributed by atoms with Crippen LogP contribution in [-0.2, 0) is 4.79 Å². The fourth-order valence-corrected chi connectivity index (χ4v) is 3.97. The highest BCUT2D eigenvalue weighted by Gasteiger charge is 2.26. The molecule has 2 heteroatoms. The lowest BCUT2D eigenvalue weighted by Crippen LogP contribution is -2.38. The predicted molar refractivity (Wildman–Crippen MR) is 96.0 cm³/mol. The summed E-state index contributed by atoms with van der Waals surface area (Å²) in [5.74, 6) is 2.06. The standard InChI is InChI=1S/C20H39NO/c1-4-6-8-9-11-13-19(12-10-7-5-2)20-14-16-21(17-15-20)18(3)22/h19-20H,4-17H2,1-3H3. The van der Waals surface area contributed by atoms with Crippen LogP contribution in [0.2, 0.25) is 0 Å². The van der Waals surface area contributed by atoms with Gasteiger partial charge in [0.25, 0.3) is 0 Å². The van der Waals surface area contributed by atoms with Gasteiger partial charge >= 0.3 is 0 Å². The highest BCUT2D eigenvalue weighted by molar-refractivity contribution is 5.73. The number of unbranched alkanes of at least 4 members (excludes halogenated alkanes) is 6. The molecule has 0 aliphatic carbocycles. The molecule has 0 aromatic carbocycles. The molecule has 0 aromatic heterocycles. The van der Waals surface area contributed by atoms with Gasteiger partial charge in [0.05, 0.1) is 0 Å². The maximum atomic E-state index is 11.5. The lowest BCUT2D eigenvalue weighted by atomic mass is 9.78. The summed E-state index contributed by atoms with van der Waals surface area (Å²) in [6.45, 7) is 8.30. The lowest BCUT2D eigenvalue weighted by molar-refractivity contribution is -0.130. The fraction of sp³-hybridized carbons (Fsp3) is 0.950. The molecule has 2 nitrogen and oxygen atoms in total. The van der Waals surface area contributed by atoms with E-state index >= 15 is 0 Å². The van der Waals surface area contributed by atoms with Gasteiger partial charge in [-0.3, -0.25) is 4.79 Å². The molecule has 0 saturated carbocycles. The van der Waals surface area contributed by atoms with E-state index in [9.17, 15) is 4.79 Å². The van der Waals surface area contributed by atoms with Crippen LogP contribution in [-0.4, -0.2) is 23.9 Å². The molecule has 1 heterocycles. The minimum absolute atomic E-state index is 0.264. The van der Waals surface area contributed by atoms with E-state index in [1.54, 1.807) is 6.92 Å². The normalized spacial score (nSPS) is 17.7. The maximum absolute atomic E-state index is 11.5. The Hall–Kier alpha value is -0.530. The lowest BCUT2D eigenvalue weighted by Gasteiger charge is -2.36. The number of piperidine rings is 1. The Morgan fingerprint density at radius 1 is 0.909 bits per heavy atom. The monoisotopic (exact) mass is 309 g/mol. The Kier molecular flexibility index (Phi) is 10.6. The maximum Gasteiger partial charge on any atom is 0.219 e. The van der Waals surface area contributed by atoms with Crippen LogP contribution in [0.25, 0.3) is 0 Å². The van der Waals surface area contributed by atoms with Crippen molar-refractivity contribution in [2.45, 2.75) is 97.8 Å². The Balaban J connectivity index is 2.35. The van der Waals surface area contributed by atoms with Crippen LogP contribution in [0.15, 0.2) is 0 Å². The van der Waals surface area contributed by atoms with Gasteiger partial charge in [-0.25, -0.2) is 0 Å². The van der Waals surface area contributed by atoms with Gasteiger partial charge in [-0.2, -0.15) is 0 Å². The van der Waals surface area contributed by atoms with Gasteiger partial charge in [-0.15, -0.1) is 0 Å². The van der Waals surface area contributed by atoms with Crippen LogP contribution in [0.3, 0.4) is 0 Å². The van der Waals surface area contributed by atoms with Crippen LogP contribution >= 0.6 is 0 Å². The number of nitrogens with zero attached hydrogens (tertiary/aromatic N) is 1.